The number of sulfonamides is 1. The van der Waals surface area contributed by atoms with Gasteiger partial charge in [-0.3, -0.25) is 0 Å². The van der Waals surface area contributed by atoms with E-state index in [0.717, 1.165) is 18.4 Å². The van der Waals surface area contributed by atoms with Gasteiger partial charge in [0, 0.05) is 13.1 Å². The Morgan fingerprint density at radius 3 is 2.71 bits per heavy atom. The molecule has 2 rings (SSSR count). The van der Waals surface area contributed by atoms with Gasteiger partial charge in [-0.25, -0.2) is 13.1 Å². The fourth-order valence-corrected chi connectivity index (χ4v) is 3.64. The first-order valence-corrected chi connectivity index (χ1v) is 9.00. The Morgan fingerprint density at radius 2 is 2.00 bits per heavy atom. The number of ether oxygens (including phenoxy) is 1. The SMILES string of the molecule is NCc1cccc(S(=O)(=O)NCCOC2CCCCC2)c1. The number of rotatable bonds is 7. The van der Waals surface area contributed by atoms with Crippen LogP contribution >= 0.6 is 0 Å². The molecule has 0 spiro atoms. The fourth-order valence-electron chi connectivity index (χ4n) is 2.56. The highest BCUT2D eigenvalue weighted by Gasteiger charge is 2.16. The van der Waals surface area contributed by atoms with Crippen molar-refractivity contribution in [2.24, 2.45) is 5.73 Å². The summed E-state index contributed by atoms with van der Waals surface area (Å²) >= 11 is 0. The Labute approximate surface area is 126 Å². The van der Waals surface area contributed by atoms with Crippen LogP contribution < -0.4 is 10.5 Å². The molecule has 0 amide bonds. The maximum atomic E-state index is 12.1. The molecule has 0 bridgehead atoms. The first-order chi connectivity index (χ1) is 10.1. The molecule has 1 aromatic carbocycles. The van der Waals surface area contributed by atoms with E-state index >= 15 is 0 Å². The molecule has 1 fully saturated rings. The molecule has 1 aliphatic rings. The van der Waals surface area contributed by atoms with Crippen LogP contribution in [0.25, 0.3) is 0 Å². The molecule has 0 saturated heterocycles. The molecular formula is C15H24N2O3S. The summed E-state index contributed by atoms with van der Waals surface area (Å²) in [5.74, 6) is 0. The third-order valence-electron chi connectivity index (χ3n) is 3.74. The predicted molar refractivity (Wildman–Crippen MR) is 82.3 cm³/mol. The third kappa shape index (κ3) is 5.07. The highest BCUT2D eigenvalue weighted by Crippen LogP contribution is 2.20. The van der Waals surface area contributed by atoms with E-state index < -0.39 is 10.0 Å². The smallest absolute Gasteiger partial charge is 0.240 e. The number of hydrogen-bond donors (Lipinski definition) is 2. The van der Waals surface area contributed by atoms with Crippen molar-refractivity contribution in [3.63, 3.8) is 0 Å². The lowest BCUT2D eigenvalue weighted by molar-refractivity contribution is 0.0321. The lowest BCUT2D eigenvalue weighted by Crippen LogP contribution is -2.29. The van der Waals surface area contributed by atoms with Gasteiger partial charge in [0.2, 0.25) is 10.0 Å². The van der Waals surface area contributed by atoms with Crippen molar-refractivity contribution in [3.05, 3.63) is 29.8 Å². The summed E-state index contributed by atoms with van der Waals surface area (Å²) in [6.07, 6.45) is 6.18. The van der Waals surface area contributed by atoms with E-state index in [0.29, 0.717) is 25.8 Å². The van der Waals surface area contributed by atoms with E-state index in [-0.39, 0.29) is 4.90 Å². The lowest BCUT2D eigenvalue weighted by Gasteiger charge is -2.22. The Kier molecular flexibility index (Phi) is 6.17. The van der Waals surface area contributed by atoms with Crippen molar-refractivity contribution in [2.75, 3.05) is 13.2 Å². The van der Waals surface area contributed by atoms with Crippen LogP contribution in [0, 0.1) is 0 Å². The van der Waals surface area contributed by atoms with Gasteiger partial charge in [-0.05, 0) is 30.5 Å². The van der Waals surface area contributed by atoms with Gasteiger partial charge in [-0.15, -0.1) is 0 Å². The number of nitrogens with one attached hydrogen (secondary N) is 1. The summed E-state index contributed by atoms with van der Waals surface area (Å²) in [5, 5.41) is 0. The zero-order valence-electron chi connectivity index (χ0n) is 12.3. The van der Waals surface area contributed by atoms with Gasteiger partial charge in [-0.2, -0.15) is 0 Å². The van der Waals surface area contributed by atoms with Crippen LogP contribution in [-0.4, -0.2) is 27.7 Å². The van der Waals surface area contributed by atoms with Crippen molar-refractivity contribution in [2.45, 2.75) is 49.6 Å². The first kappa shape index (κ1) is 16.4. The van der Waals surface area contributed by atoms with Crippen LogP contribution in [0.3, 0.4) is 0 Å². The van der Waals surface area contributed by atoms with Gasteiger partial charge in [0.1, 0.15) is 0 Å². The monoisotopic (exact) mass is 312 g/mol. The molecule has 5 nitrogen and oxygen atoms in total. The van der Waals surface area contributed by atoms with Gasteiger partial charge < -0.3 is 10.5 Å². The molecular weight excluding hydrogens is 288 g/mol. The summed E-state index contributed by atoms with van der Waals surface area (Å²) in [6.45, 7) is 1.04. The molecule has 1 aliphatic carbocycles. The van der Waals surface area contributed by atoms with E-state index in [9.17, 15) is 8.42 Å². The maximum absolute atomic E-state index is 12.1. The van der Waals surface area contributed by atoms with Crippen LogP contribution in [-0.2, 0) is 21.3 Å². The Balaban J connectivity index is 1.80. The molecule has 0 unspecified atom stereocenters. The average molecular weight is 312 g/mol. The summed E-state index contributed by atoms with van der Waals surface area (Å²) in [5.41, 5.74) is 6.33. The second-order valence-corrected chi connectivity index (χ2v) is 7.15. The second-order valence-electron chi connectivity index (χ2n) is 5.38. The number of nitrogens with two attached hydrogens (primary N) is 1. The fraction of sp³-hybridized carbons (Fsp3) is 0.600. The average Bonchev–Trinajstić information content (AvgIpc) is 2.53. The minimum Gasteiger partial charge on any atom is -0.377 e. The van der Waals surface area contributed by atoms with Crippen molar-refractivity contribution in [3.8, 4) is 0 Å². The van der Waals surface area contributed by atoms with Crippen LogP contribution in [0.15, 0.2) is 29.2 Å². The van der Waals surface area contributed by atoms with Crippen LogP contribution in [0.4, 0.5) is 0 Å². The topological polar surface area (TPSA) is 81.4 Å². The molecule has 0 atom stereocenters. The molecule has 6 heteroatoms. The van der Waals surface area contributed by atoms with Gasteiger partial charge in [0.15, 0.2) is 0 Å². The number of hydrogen-bond acceptors (Lipinski definition) is 4. The lowest BCUT2D eigenvalue weighted by atomic mass is 9.98. The van der Waals surface area contributed by atoms with Crippen molar-refractivity contribution in [1.29, 1.82) is 0 Å². The minimum atomic E-state index is -3.48. The largest absolute Gasteiger partial charge is 0.377 e. The first-order valence-electron chi connectivity index (χ1n) is 7.52. The van der Waals surface area contributed by atoms with Crippen LogP contribution in [0.1, 0.15) is 37.7 Å². The molecule has 0 heterocycles. The quantitative estimate of drug-likeness (QED) is 0.752. The molecule has 21 heavy (non-hydrogen) atoms. The minimum absolute atomic E-state index is 0.253. The number of benzene rings is 1. The van der Waals surface area contributed by atoms with Gasteiger partial charge in [-0.1, -0.05) is 31.4 Å². The van der Waals surface area contributed by atoms with E-state index in [1.807, 2.05) is 6.07 Å². The molecule has 0 radical (unpaired) electrons. The third-order valence-corrected chi connectivity index (χ3v) is 5.20. The zero-order valence-corrected chi connectivity index (χ0v) is 13.1. The molecule has 118 valence electrons. The molecule has 0 aromatic heterocycles. The van der Waals surface area contributed by atoms with Gasteiger partial charge in [0.25, 0.3) is 0 Å². The van der Waals surface area contributed by atoms with Crippen molar-refractivity contribution >= 4 is 10.0 Å². The zero-order chi connectivity index (χ0) is 15.1. The maximum Gasteiger partial charge on any atom is 0.240 e. The predicted octanol–water partition coefficient (Wildman–Crippen LogP) is 1.77. The summed E-state index contributed by atoms with van der Waals surface area (Å²) in [4.78, 5) is 0.253. The highest BCUT2D eigenvalue weighted by atomic mass is 32.2. The van der Waals surface area contributed by atoms with E-state index in [1.165, 1.54) is 19.3 Å². The van der Waals surface area contributed by atoms with Crippen LogP contribution in [0.5, 0.6) is 0 Å². The molecule has 0 aliphatic heterocycles. The van der Waals surface area contributed by atoms with E-state index in [2.05, 4.69) is 4.72 Å². The molecule has 1 aromatic rings. The second kappa shape index (κ2) is 7.89. The summed E-state index contributed by atoms with van der Waals surface area (Å²) < 4.78 is 32.6. The van der Waals surface area contributed by atoms with E-state index in [1.54, 1.807) is 18.2 Å². The molecule has 1 saturated carbocycles. The standard InChI is InChI=1S/C15H24N2O3S/c16-12-13-5-4-8-15(11-13)21(18,19)17-9-10-20-14-6-2-1-3-7-14/h4-5,8,11,14,17H,1-3,6-7,9-10,12,16H2. The van der Waals surface area contributed by atoms with Gasteiger partial charge in [0.05, 0.1) is 17.6 Å². The van der Waals surface area contributed by atoms with Crippen molar-refractivity contribution in [1.82, 2.24) is 4.72 Å². The van der Waals surface area contributed by atoms with Gasteiger partial charge >= 0.3 is 0 Å². The normalized spacial score (nSPS) is 17.0. The Morgan fingerprint density at radius 1 is 1.24 bits per heavy atom. The Bertz CT molecular complexity index is 540. The molecule has 3 N–H and O–H groups in total. The van der Waals surface area contributed by atoms with Crippen molar-refractivity contribution < 1.29 is 13.2 Å². The summed E-state index contributed by atoms with van der Waals surface area (Å²) in [7, 11) is -3.48. The van der Waals surface area contributed by atoms with E-state index in [4.69, 9.17) is 10.5 Å². The highest BCUT2D eigenvalue weighted by molar-refractivity contribution is 7.89. The Hall–Kier alpha value is -0.950. The summed E-state index contributed by atoms with van der Waals surface area (Å²) in [6, 6.07) is 6.69. The van der Waals surface area contributed by atoms with Crippen LogP contribution in [0.2, 0.25) is 0 Å².